The summed E-state index contributed by atoms with van der Waals surface area (Å²) < 4.78 is 1.88. The van der Waals surface area contributed by atoms with Crippen molar-refractivity contribution in [1.29, 1.82) is 0 Å². The molecule has 346 valence electrons. The highest BCUT2D eigenvalue weighted by Gasteiger charge is 2.23. The third-order valence-electron chi connectivity index (χ3n) is 12.2. The van der Waals surface area contributed by atoms with Crippen LogP contribution in [0.2, 0.25) is 0 Å². The maximum absolute atomic E-state index is 13.9. The Bertz CT molecular complexity index is 4220. The molecule has 2 amide bonds. The molecular weight excluding hydrogens is 913 g/mol. The lowest BCUT2D eigenvalue weighted by molar-refractivity contribution is 0.101. The zero-order valence-corrected chi connectivity index (χ0v) is 37.3. The lowest BCUT2D eigenvalue weighted by Crippen LogP contribution is -2.24. The average Bonchev–Trinajstić information content (AvgIpc) is 3.80. The van der Waals surface area contributed by atoms with Crippen molar-refractivity contribution < 1.29 is 19.8 Å². The Morgan fingerprint density at radius 3 is 1.33 bits per heavy atom. The van der Waals surface area contributed by atoms with E-state index in [4.69, 9.17) is 0 Å². The molecule has 0 spiro atoms. The number of fused-ring (bicyclic) bond motifs is 4. The maximum Gasteiger partial charge on any atom is 0.266 e. The number of nitrogens with zero attached hydrogens (tertiary/aromatic N) is 6. The fourth-order valence-electron chi connectivity index (χ4n) is 8.60. The second-order valence-electron chi connectivity index (χ2n) is 16.6. The standard InChI is InChI=1S/C56H34N8O8/c65-49-45(52(68)57-34-15-5-2-6-16-34)27-32-13-7-9-17-39(32)47(49)61-59-35-19-23-37(24-20-35)63-53(69)41-29-43-44(30-42(41)54(63)70)56(72)64(55(43)71)38-25-21-36(22-26-38)60-62-48-40-18-10-8-14-33(40)28-46(50(48)66)58-51(67)31-11-3-1-4-12-31/h1-30,65-66H,(H,57,68)(H,58,67). The summed E-state index contributed by atoms with van der Waals surface area (Å²) in [5, 5.41) is 47.6. The van der Waals surface area contributed by atoms with Crippen LogP contribution in [0.25, 0.3) is 54.5 Å². The molecule has 0 aliphatic carbocycles. The molecule has 0 unspecified atom stereocenters. The van der Waals surface area contributed by atoms with Gasteiger partial charge in [0.25, 0.3) is 34.1 Å². The van der Waals surface area contributed by atoms with E-state index in [0.717, 1.165) is 9.13 Å². The van der Waals surface area contributed by atoms with Gasteiger partial charge in [0.1, 0.15) is 11.4 Å². The van der Waals surface area contributed by atoms with E-state index in [0.29, 0.717) is 44.2 Å². The molecule has 72 heavy (non-hydrogen) atoms. The molecule has 0 bridgehead atoms. The van der Waals surface area contributed by atoms with Gasteiger partial charge >= 0.3 is 0 Å². The number of amides is 2. The number of hydrogen-bond donors (Lipinski definition) is 4. The van der Waals surface area contributed by atoms with E-state index in [9.17, 15) is 39.0 Å². The molecule has 0 saturated heterocycles. The highest BCUT2D eigenvalue weighted by molar-refractivity contribution is 6.12. The minimum atomic E-state index is -0.703. The average molecular weight is 947 g/mol. The summed E-state index contributed by atoms with van der Waals surface area (Å²) in [5.41, 5.74) is -0.568. The first-order chi connectivity index (χ1) is 35.0. The Labute approximate surface area is 405 Å². The van der Waals surface area contributed by atoms with Crippen LogP contribution in [0.1, 0.15) is 20.7 Å². The molecule has 2 heterocycles. The number of para-hydroxylation sites is 1. The summed E-state index contributed by atoms with van der Waals surface area (Å²) in [6.07, 6.45) is 0. The smallest absolute Gasteiger partial charge is 0.266 e. The molecule has 16 nitrogen and oxygen atoms in total. The van der Waals surface area contributed by atoms with Gasteiger partial charge in [-0.05, 0) is 108 Å². The number of azo groups is 2. The number of aromatic nitrogens is 2. The van der Waals surface area contributed by atoms with Crippen LogP contribution in [0.3, 0.4) is 0 Å². The van der Waals surface area contributed by atoms with Gasteiger partial charge in [-0.3, -0.25) is 28.8 Å². The minimum absolute atomic E-state index is 0.00609. The number of benzene rings is 9. The molecule has 0 radical (unpaired) electrons. The maximum atomic E-state index is 13.9. The van der Waals surface area contributed by atoms with Gasteiger partial charge < -0.3 is 20.8 Å². The summed E-state index contributed by atoms with van der Waals surface area (Å²) in [5.74, 6) is -1.64. The van der Waals surface area contributed by atoms with Crippen molar-refractivity contribution >= 4 is 89.0 Å². The fourth-order valence-corrected chi connectivity index (χ4v) is 8.60. The topological polar surface area (TPSA) is 226 Å². The molecule has 0 fully saturated rings. The molecule has 16 heteroatoms. The number of phenols is 2. The van der Waals surface area contributed by atoms with E-state index >= 15 is 0 Å². The monoisotopic (exact) mass is 946 g/mol. The highest BCUT2D eigenvalue weighted by atomic mass is 16.3. The van der Waals surface area contributed by atoms with Gasteiger partial charge in [0.05, 0.1) is 55.5 Å². The Balaban J connectivity index is 0.857. The van der Waals surface area contributed by atoms with Gasteiger partial charge in [-0.15, -0.1) is 10.2 Å². The van der Waals surface area contributed by atoms with Crippen LogP contribution in [-0.2, 0) is 0 Å². The quantitative estimate of drug-likeness (QED) is 0.0760. The molecule has 0 aliphatic heterocycles. The normalized spacial score (nSPS) is 11.7. The predicted molar refractivity (Wildman–Crippen MR) is 276 cm³/mol. The summed E-state index contributed by atoms with van der Waals surface area (Å²) in [4.78, 5) is 81.7. The van der Waals surface area contributed by atoms with E-state index < -0.39 is 34.1 Å². The second-order valence-corrected chi connectivity index (χ2v) is 16.6. The van der Waals surface area contributed by atoms with E-state index in [1.54, 1.807) is 103 Å². The first kappa shape index (κ1) is 44.1. The van der Waals surface area contributed by atoms with Crippen LogP contribution in [0.15, 0.2) is 222 Å². The van der Waals surface area contributed by atoms with Crippen LogP contribution in [0, 0.1) is 0 Å². The number of hydrogen-bond acceptors (Lipinski definition) is 12. The highest BCUT2D eigenvalue weighted by Crippen LogP contribution is 2.43. The lowest BCUT2D eigenvalue weighted by Gasteiger charge is -2.12. The molecule has 2 aromatic heterocycles. The van der Waals surface area contributed by atoms with Crippen LogP contribution >= 0.6 is 0 Å². The van der Waals surface area contributed by atoms with E-state index in [1.165, 1.54) is 60.7 Å². The van der Waals surface area contributed by atoms with Crippen LogP contribution in [0.5, 0.6) is 11.5 Å². The van der Waals surface area contributed by atoms with E-state index in [-0.39, 0.29) is 67.0 Å². The number of rotatable bonds is 10. The van der Waals surface area contributed by atoms with Gasteiger partial charge in [-0.2, -0.15) is 10.2 Å². The van der Waals surface area contributed by atoms with Gasteiger partial charge in [-0.25, -0.2) is 9.13 Å². The van der Waals surface area contributed by atoms with Crippen molar-refractivity contribution in [2.24, 2.45) is 20.5 Å². The van der Waals surface area contributed by atoms with Crippen molar-refractivity contribution in [2.45, 2.75) is 0 Å². The third-order valence-corrected chi connectivity index (χ3v) is 12.2. The van der Waals surface area contributed by atoms with Crippen molar-refractivity contribution in [1.82, 2.24) is 9.13 Å². The molecule has 11 aromatic rings. The molecule has 0 aliphatic rings. The Morgan fingerprint density at radius 1 is 0.403 bits per heavy atom. The Hall–Kier alpha value is -10.5. The summed E-state index contributed by atoms with van der Waals surface area (Å²) >= 11 is 0. The first-order valence-electron chi connectivity index (χ1n) is 22.2. The number of carbonyl (C=O) groups is 2. The lowest BCUT2D eigenvalue weighted by atomic mass is 10.0. The van der Waals surface area contributed by atoms with Gasteiger partial charge in [-0.1, -0.05) is 84.9 Å². The molecule has 0 atom stereocenters. The number of phenolic OH excluding ortho intramolecular Hbond substituents is 2. The molecular formula is C56H34N8O8. The zero-order chi connectivity index (χ0) is 49.6. The van der Waals surface area contributed by atoms with Crippen molar-refractivity contribution in [2.75, 3.05) is 10.6 Å². The van der Waals surface area contributed by atoms with Gasteiger partial charge in [0.2, 0.25) is 0 Å². The summed E-state index contributed by atoms with van der Waals surface area (Å²) in [7, 11) is 0. The van der Waals surface area contributed by atoms with Gasteiger partial charge in [0.15, 0.2) is 11.5 Å². The third kappa shape index (κ3) is 7.81. The molecule has 9 aromatic carbocycles. The Morgan fingerprint density at radius 2 is 0.833 bits per heavy atom. The van der Waals surface area contributed by atoms with Crippen LogP contribution in [0.4, 0.5) is 34.1 Å². The van der Waals surface area contributed by atoms with Crippen molar-refractivity contribution in [3.05, 3.63) is 235 Å². The molecule has 4 N–H and O–H groups in total. The van der Waals surface area contributed by atoms with Crippen molar-refractivity contribution in [3.8, 4) is 22.9 Å². The SMILES string of the molecule is O=C(Nc1cc2ccccc2c(N=Nc2ccc(-n3c(=O)c4cc5c(=O)n(-c6ccc(N=Nc7c(O)c(C(=O)Nc8ccccc8)cc8ccccc78)cc6)c(=O)c5cc4c3=O)cc2)c1O)c1ccccc1. The summed E-state index contributed by atoms with van der Waals surface area (Å²) in [6.45, 7) is 0. The van der Waals surface area contributed by atoms with E-state index in [2.05, 4.69) is 31.1 Å². The number of nitrogens with one attached hydrogen (secondary N) is 2. The number of carbonyl (C=O) groups excluding carboxylic acids is 2. The fraction of sp³-hybridized carbons (Fsp3) is 0. The van der Waals surface area contributed by atoms with E-state index in [1.807, 2.05) is 18.2 Å². The van der Waals surface area contributed by atoms with Crippen LogP contribution in [-0.4, -0.2) is 31.2 Å². The second kappa shape index (κ2) is 17.9. The number of aromatic hydroxyl groups is 2. The first-order valence-corrected chi connectivity index (χ1v) is 22.2. The molecule has 11 rings (SSSR count). The number of anilines is 2. The predicted octanol–water partition coefficient (Wildman–Crippen LogP) is 10.9. The largest absolute Gasteiger partial charge is 0.505 e. The zero-order valence-electron chi connectivity index (χ0n) is 37.3. The van der Waals surface area contributed by atoms with Crippen molar-refractivity contribution in [3.63, 3.8) is 0 Å². The Kier molecular flexibility index (Phi) is 10.9. The minimum Gasteiger partial charge on any atom is -0.505 e. The van der Waals surface area contributed by atoms with Crippen LogP contribution < -0.4 is 32.9 Å². The summed E-state index contributed by atoms with van der Waals surface area (Å²) in [6, 6.07) is 49.4. The molecule has 0 saturated carbocycles. The van der Waals surface area contributed by atoms with Gasteiger partial charge in [0, 0.05) is 22.0 Å².